The molecule has 0 amide bonds. The number of rotatable bonds is 20. The fourth-order valence-electron chi connectivity index (χ4n) is 3.17. The van der Waals surface area contributed by atoms with Crippen LogP contribution in [0.1, 0.15) is 110 Å². The maximum Gasteiger partial charge on any atom is 0.338 e. The minimum Gasteiger partial charge on any atom is -0.547 e. The Hall–Kier alpha value is -1.14. The molecule has 0 fully saturated rings. The standard InChI is InChI=1S/C22H42O6/c1-2-3-4-5-6-7-8-9-10-11-12-13-14-15-16-17-18-28-22(27)20(24)19(23)21(25)26/h19-20,23-24H,2-18H2,1H3,(H,25,26)/p-1. The van der Waals surface area contributed by atoms with Gasteiger partial charge in [-0.1, -0.05) is 103 Å². The smallest absolute Gasteiger partial charge is 0.338 e. The van der Waals surface area contributed by atoms with E-state index in [1.54, 1.807) is 0 Å². The van der Waals surface area contributed by atoms with E-state index in [0.717, 1.165) is 19.3 Å². The van der Waals surface area contributed by atoms with E-state index >= 15 is 0 Å². The summed E-state index contributed by atoms with van der Waals surface area (Å²) in [6.07, 6.45) is 15.6. The lowest BCUT2D eigenvalue weighted by molar-refractivity contribution is -0.318. The fraction of sp³-hybridized carbons (Fsp3) is 0.909. The molecule has 0 radical (unpaired) electrons. The van der Waals surface area contributed by atoms with Gasteiger partial charge in [0.15, 0.2) is 6.10 Å². The van der Waals surface area contributed by atoms with Gasteiger partial charge in [-0.15, -0.1) is 0 Å². The van der Waals surface area contributed by atoms with E-state index in [4.69, 9.17) is 9.84 Å². The molecular weight excluding hydrogens is 360 g/mol. The molecule has 166 valence electrons. The van der Waals surface area contributed by atoms with E-state index in [1.807, 2.05) is 0 Å². The number of aliphatic hydroxyl groups excluding tert-OH is 2. The van der Waals surface area contributed by atoms with Crippen LogP contribution in [0.3, 0.4) is 0 Å². The van der Waals surface area contributed by atoms with Crippen LogP contribution in [-0.2, 0) is 14.3 Å². The van der Waals surface area contributed by atoms with Gasteiger partial charge in [-0.2, -0.15) is 0 Å². The van der Waals surface area contributed by atoms with Gasteiger partial charge in [-0.25, -0.2) is 4.79 Å². The van der Waals surface area contributed by atoms with Gasteiger partial charge in [0.05, 0.1) is 12.6 Å². The second kappa shape index (κ2) is 19.2. The molecule has 0 aliphatic rings. The van der Waals surface area contributed by atoms with Crippen molar-refractivity contribution in [3.8, 4) is 0 Å². The number of aliphatic hydroxyl groups is 2. The zero-order chi connectivity index (χ0) is 21.0. The highest BCUT2D eigenvalue weighted by molar-refractivity contribution is 5.83. The van der Waals surface area contributed by atoms with Crippen molar-refractivity contribution in [3.05, 3.63) is 0 Å². The Morgan fingerprint density at radius 2 is 1.04 bits per heavy atom. The van der Waals surface area contributed by atoms with Gasteiger partial charge in [0.2, 0.25) is 0 Å². The predicted octanol–water partition coefficient (Wildman–Crippen LogP) is 3.26. The molecular formula is C22H41O6-. The maximum absolute atomic E-state index is 11.3. The Bertz CT molecular complexity index is 385. The van der Waals surface area contributed by atoms with E-state index in [1.165, 1.54) is 77.0 Å². The molecule has 0 aromatic rings. The SMILES string of the molecule is CCCCCCCCCCCCCCCCCCOC(=O)C(O)C(O)C(=O)[O-]. The van der Waals surface area contributed by atoms with Crippen molar-refractivity contribution in [3.63, 3.8) is 0 Å². The van der Waals surface area contributed by atoms with Crippen LogP contribution >= 0.6 is 0 Å². The summed E-state index contributed by atoms with van der Waals surface area (Å²) in [7, 11) is 0. The topological polar surface area (TPSA) is 107 Å². The highest BCUT2D eigenvalue weighted by atomic mass is 16.5. The summed E-state index contributed by atoms with van der Waals surface area (Å²) < 4.78 is 4.75. The van der Waals surface area contributed by atoms with Crippen molar-refractivity contribution in [2.24, 2.45) is 0 Å². The van der Waals surface area contributed by atoms with Crippen LogP contribution in [0.25, 0.3) is 0 Å². The summed E-state index contributed by atoms with van der Waals surface area (Å²) in [5.41, 5.74) is 0. The predicted molar refractivity (Wildman–Crippen MR) is 108 cm³/mol. The number of carbonyl (C=O) groups is 2. The van der Waals surface area contributed by atoms with Gasteiger partial charge < -0.3 is 24.9 Å². The van der Waals surface area contributed by atoms with E-state index in [0.29, 0.717) is 6.42 Å². The molecule has 0 saturated heterocycles. The highest BCUT2D eigenvalue weighted by Gasteiger charge is 2.26. The lowest BCUT2D eigenvalue weighted by Gasteiger charge is -2.17. The van der Waals surface area contributed by atoms with Crippen LogP contribution in [0.15, 0.2) is 0 Å². The number of unbranched alkanes of at least 4 members (excludes halogenated alkanes) is 15. The number of carbonyl (C=O) groups excluding carboxylic acids is 2. The molecule has 6 nitrogen and oxygen atoms in total. The Balaban J connectivity index is 3.28. The van der Waals surface area contributed by atoms with E-state index < -0.39 is 24.1 Å². The first-order chi connectivity index (χ1) is 13.5. The first-order valence-corrected chi connectivity index (χ1v) is 11.2. The number of hydrogen-bond donors (Lipinski definition) is 2. The number of hydrogen-bond acceptors (Lipinski definition) is 6. The quantitative estimate of drug-likeness (QED) is 0.239. The summed E-state index contributed by atoms with van der Waals surface area (Å²) >= 11 is 0. The minimum atomic E-state index is -2.25. The van der Waals surface area contributed by atoms with Crippen molar-refractivity contribution in [2.45, 2.75) is 122 Å². The second-order valence-electron chi connectivity index (χ2n) is 7.68. The van der Waals surface area contributed by atoms with Crippen LogP contribution in [0.5, 0.6) is 0 Å². The molecule has 0 aromatic heterocycles. The van der Waals surface area contributed by atoms with Crippen molar-refractivity contribution in [1.29, 1.82) is 0 Å². The van der Waals surface area contributed by atoms with E-state index in [9.17, 15) is 19.8 Å². The van der Waals surface area contributed by atoms with Crippen LogP contribution in [0, 0.1) is 0 Å². The van der Waals surface area contributed by atoms with Gasteiger partial charge in [-0.05, 0) is 6.42 Å². The van der Waals surface area contributed by atoms with E-state index in [2.05, 4.69) is 6.92 Å². The number of ether oxygens (including phenoxy) is 1. The number of carboxylic acids is 1. The summed E-state index contributed by atoms with van der Waals surface area (Å²) in [5.74, 6) is -3.02. The molecule has 0 rings (SSSR count). The summed E-state index contributed by atoms with van der Waals surface area (Å²) in [5, 5.41) is 28.6. The van der Waals surface area contributed by atoms with Gasteiger partial charge in [0, 0.05) is 0 Å². The number of esters is 1. The molecule has 0 saturated carbocycles. The molecule has 0 spiro atoms. The van der Waals surface area contributed by atoms with Crippen LogP contribution < -0.4 is 5.11 Å². The minimum absolute atomic E-state index is 0.119. The van der Waals surface area contributed by atoms with Gasteiger partial charge >= 0.3 is 5.97 Å². The molecule has 28 heavy (non-hydrogen) atoms. The Morgan fingerprint density at radius 3 is 1.39 bits per heavy atom. The van der Waals surface area contributed by atoms with E-state index in [-0.39, 0.29) is 6.61 Å². The Morgan fingerprint density at radius 1 is 0.679 bits per heavy atom. The van der Waals surface area contributed by atoms with Crippen molar-refractivity contribution < 1.29 is 29.6 Å². The molecule has 2 N–H and O–H groups in total. The Labute approximate surface area is 170 Å². The average molecular weight is 402 g/mol. The summed E-state index contributed by atoms with van der Waals surface area (Å²) in [6, 6.07) is 0. The lowest BCUT2D eigenvalue weighted by Crippen LogP contribution is -2.47. The summed E-state index contributed by atoms with van der Waals surface area (Å²) in [6.45, 7) is 2.37. The third-order valence-corrected chi connectivity index (χ3v) is 5.02. The normalized spacial score (nSPS) is 13.2. The third kappa shape index (κ3) is 15.9. The lowest BCUT2D eigenvalue weighted by atomic mass is 10.0. The summed E-state index contributed by atoms with van der Waals surface area (Å²) in [4.78, 5) is 21.7. The highest BCUT2D eigenvalue weighted by Crippen LogP contribution is 2.13. The molecule has 2 atom stereocenters. The molecule has 0 aromatic carbocycles. The molecule has 0 aliphatic heterocycles. The molecule has 0 bridgehead atoms. The van der Waals surface area contributed by atoms with Gasteiger partial charge in [0.1, 0.15) is 6.10 Å². The molecule has 2 unspecified atom stereocenters. The fourth-order valence-corrected chi connectivity index (χ4v) is 3.17. The van der Waals surface area contributed by atoms with Gasteiger partial charge in [-0.3, -0.25) is 0 Å². The Kier molecular flexibility index (Phi) is 18.4. The zero-order valence-electron chi connectivity index (χ0n) is 17.7. The van der Waals surface area contributed by atoms with Crippen LogP contribution in [0.4, 0.5) is 0 Å². The van der Waals surface area contributed by atoms with Gasteiger partial charge in [0.25, 0.3) is 0 Å². The molecule has 6 heteroatoms. The second-order valence-corrected chi connectivity index (χ2v) is 7.68. The van der Waals surface area contributed by atoms with Crippen molar-refractivity contribution >= 4 is 11.9 Å². The number of carboxylic acid groups (broad SMARTS) is 1. The van der Waals surface area contributed by atoms with Crippen molar-refractivity contribution in [2.75, 3.05) is 6.61 Å². The van der Waals surface area contributed by atoms with Crippen molar-refractivity contribution in [1.82, 2.24) is 0 Å². The van der Waals surface area contributed by atoms with Crippen LogP contribution in [-0.4, -0.2) is 41.0 Å². The number of aliphatic carboxylic acids is 1. The third-order valence-electron chi connectivity index (χ3n) is 5.02. The molecule has 0 heterocycles. The largest absolute Gasteiger partial charge is 0.547 e. The van der Waals surface area contributed by atoms with Crippen LogP contribution in [0.2, 0.25) is 0 Å². The first-order valence-electron chi connectivity index (χ1n) is 11.2. The zero-order valence-corrected chi connectivity index (χ0v) is 17.7. The average Bonchev–Trinajstić information content (AvgIpc) is 2.68. The maximum atomic E-state index is 11.3. The first kappa shape index (κ1) is 26.9. The molecule has 0 aliphatic carbocycles. The monoisotopic (exact) mass is 401 g/mol.